The van der Waals surface area contributed by atoms with Gasteiger partial charge in [0.15, 0.2) is 11.6 Å². The van der Waals surface area contributed by atoms with Crippen LogP contribution >= 0.6 is 0 Å². The molecule has 3 aromatic carbocycles. The third-order valence-electron chi connectivity index (χ3n) is 6.29. The molecule has 4 aromatic rings. The maximum atomic E-state index is 13.8. The van der Waals surface area contributed by atoms with Crippen molar-refractivity contribution in [3.05, 3.63) is 89.2 Å². The number of aryl methyl sites for hydroxylation is 1. The molecule has 1 amide bonds. The van der Waals surface area contributed by atoms with Crippen LogP contribution in [-0.4, -0.2) is 38.7 Å². The van der Waals surface area contributed by atoms with Crippen molar-refractivity contribution in [3.8, 4) is 22.8 Å². The molecule has 0 saturated carbocycles. The lowest BCUT2D eigenvalue weighted by Crippen LogP contribution is -2.36. The summed E-state index contributed by atoms with van der Waals surface area (Å²) in [5.74, 6) is 0.792. The van der Waals surface area contributed by atoms with Crippen molar-refractivity contribution in [2.24, 2.45) is 0 Å². The number of nitrogen functional groups attached to an aromatic ring is 1. The van der Waals surface area contributed by atoms with Crippen LogP contribution in [0, 0.1) is 12.7 Å². The first-order chi connectivity index (χ1) is 16.5. The highest BCUT2D eigenvalue weighted by atomic mass is 19.1. The molecule has 0 radical (unpaired) electrons. The molecular formula is C27H26FN5O. The van der Waals surface area contributed by atoms with Crippen molar-refractivity contribution in [1.82, 2.24) is 19.7 Å². The van der Waals surface area contributed by atoms with Crippen molar-refractivity contribution in [2.45, 2.75) is 26.3 Å². The lowest BCUT2D eigenvalue weighted by atomic mass is 10.0. The summed E-state index contributed by atoms with van der Waals surface area (Å²) in [6.45, 7) is 3.07. The van der Waals surface area contributed by atoms with Gasteiger partial charge in [-0.15, -0.1) is 5.10 Å². The summed E-state index contributed by atoms with van der Waals surface area (Å²) in [6, 6.07) is 20.4. The van der Waals surface area contributed by atoms with E-state index in [9.17, 15) is 9.18 Å². The van der Waals surface area contributed by atoms with Crippen molar-refractivity contribution in [3.63, 3.8) is 0 Å². The van der Waals surface area contributed by atoms with E-state index in [-0.39, 0.29) is 18.3 Å². The maximum Gasteiger partial charge on any atom is 0.244 e. The Hall–Kier alpha value is -4.00. The Morgan fingerprint density at radius 1 is 0.971 bits per heavy atom. The fourth-order valence-corrected chi connectivity index (χ4v) is 4.38. The largest absolute Gasteiger partial charge is 0.399 e. The minimum Gasteiger partial charge on any atom is -0.399 e. The molecule has 172 valence electrons. The highest BCUT2D eigenvalue weighted by molar-refractivity contribution is 5.77. The number of fused-ring (bicyclic) bond motifs is 1. The van der Waals surface area contributed by atoms with Crippen molar-refractivity contribution in [2.75, 3.05) is 18.8 Å². The number of carbonyl (C=O) groups excluding carboxylic acids is 1. The number of nitrogens with zero attached hydrogens (tertiary/aromatic N) is 4. The van der Waals surface area contributed by atoms with Gasteiger partial charge in [-0.05, 0) is 66.8 Å². The molecule has 5 rings (SSSR count). The Kier molecular flexibility index (Phi) is 5.84. The van der Waals surface area contributed by atoms with Crippen molar-refractivity contribution < 1.29 is 9.18 Å². The second kappa shape index (κ2) is 9.09. The van der Waals surface area contributed by atoms with Gasteiger partial charge in [0.25, 0.3) is 0 Å². The van der Waals surface area contributed by atoms with Crippen LogP contribution in [0.4, 0.5) is 10.1 Å². The van der Waals surface area contributed by atoms with Crippen LogP contribution in [-0.2, 0) is 24.2 Å². The van der Waals surface area contributed by atoms with Gasteiger partial charge in [-0.25, -0.2) is 14.1 Å². The van der Waals surface area contributed by atoms with E-state index < -0.39 is 0 Å². The van der Waals surface area contributed by atoms with Crippen LogP contribution in [0.5, 0.6) is 0 Å². The average molecular weight is 456 g/mol. The van der Waals surface area contributed by atoms with Gasteiger partial charge in [0, 0.05) is 29.9 Å². The van der Waals surface area contributed by atoms with Gasteiger partial charge < -0.3 is 10.6 Å². The maximum absolute atomic E-state index is 13.8. The van der Waals surface area contributed by atoms with Crippen molar-refractivity contribution >= 4 is 11.6 Å². The third kappa shape index (κ3) is 4.41. The average Bonchev–Trinajstić information content (AvgIpc) is 3.14. The molecule has 7 heteroatoms. The second-order valence-electron chi connectivity index (χ2n) is 8.66. The van der Waals surface area contributed by atoms with E-state index in [4.69, 9.17) is 10.7 Å². The molecule has 1 aliphatic heterocycles. The zero-order chi connectivity index (χ0) is 23.7. The molecule has 34 heavy (non-hydrogen) atoms. The SMILES string of the molecule is Cc1cc(-c2nc(-c3ccccc3)n(CC(=O)N3CCc4ccc(N)cc4CC3)n2)ccc1F. The van der Waals surface area contributed by atoms with Crippen molar-refractivity contribution in [1.29, 1.82) is 0 Å². The highest BCUT2D eigenvalue weighted by Crippen LogP contribution is 2.25. The van der Waals surface area contributed by atoms with E-state index in [1.165, 1.54) is 17.2 Å². The lowest BCUT2D eigenvalue weighted by molar-refractivity contribution is -0.131. The molecular weight excluding hydrogens is 429 g/mol. The number of rotatable bonds is 4. The zero-order valence-electron chi connectivity index (χ0n) is 19.0. The Bertz CT molecular complexity index is 1350. The topological polar surface area (TPSA) is 77.0 Å². The minimum atomic E-state index is -0.273. The van der Waals surface area contributed by atoms with Gasteiger partial charge in [-0.3, -0.25) is 4.79 Å². The molecule has 0 atom stereocenters. The molecule has 6 nitrogen and oxygen atoms in total. The second-order valence-corrected chi connectivity index (χ2v) is 8.66. The number of benzene rings is 3. The van der Waals surface area contributed by atoms with Crippen LogP contribution in [0.3, 0.4) is 0 Å². The number of hydrogen-bond donors (Lipinski definition) is 1. The first kappa shape index (κ1) is 21.8. The number of hydrogen-bond acceptors (Lipinski definition) is 4. The quantitative estimate of drug-likeness (QED) is 0.466. The fourth-order valence-electron chi connectivity index (χ4n) is 4.38. The summed E-state index contributed by atoms with van der Waals surface area (Å²) in [5, 5.41) is 4.66. The number of aromatic nitrogens is 3. The van der Waals surface area contributed by atoms with Crippen LogP contribution in [0.15, 0.2) is 66.7 Å². The van der Waals surface area contributed by atoms with Gasteiger partial charge in [0.1, 0.15) is 12.4 Å². The first-order valence-corrected chi connectivity index (χ1v) is 11.4. The van der Waals surface area contributed by atoms with Crippen LogP contribution in [0.1, 0.15) is 16.7 Å². The monoisotopic (exact) mass is 455 g/mol. The number of amides is 1. The smallest absolute Gasteiger partial charge is 0.244 e. The van der Waals surface area contributed by atoms with Crippen LogP contribution in [0.25, 0.3) is 22.8 Å². The lowest BCUT2D eigenvalue weighted by Gasteiger charge is -2.20. The molecule has 0 unspecified atom stereocenters. The number of nitrogens with two attached hydrogens (primary N) is 1. The standard InChI is InChI=1S/C27H26FN5O/c1-18-15-22(8-10-24(18)28)26-30-27(20-5-3-2-4-6-20)33(31-26)17-25(34)32-13-11-19-7-9-23(29)16-21(19)12-14-32/h2-10,15-16H,11-14,17,29H2,1H3. The highest BCUT2D eigenvalue weighted by Gasteiger charge is 2.22. The fraction of sp³-hybridized carbons (Fsp3) is 0.222. The Balaban J connectivity index is 1.42. The molecule has 1 aliphatic rings. The van der Waals surface area contributed by atoms with E-state index >= 15 is 0 Å². The summed E-state index contributed by atoms with van der Waals surface area (Å²) in [5.41, 5.74) is 11.2. The molecule has 0 saturated heterocycles. The predicted octanol–water partition coefficient (Wildman–Crippen LogP) is 4.27. The Labute approximate surface area is 197 Å². The van der Waals surface area contributed by atoms with E-state index in [0.717, 1.165) is 24.1 Å². The van der Waals surface area contributed by atoms with Crippen LogP contribution in [0.2, 0.25) is 0 Å². The molecule has 0 fully saturated rings. The minimum absolute atomic E-state index is 0.00954. The molecule has 2 heterocycles. The Morgan fingerprint density at radius 2 is 1.74 bits per heavy atom. The summed E-state index contributed by atoms with van der Waals surface area (Å²) in [7, 11) is 0. The van der Waals surface area contributed by atoms with Gasteiger partial charge in [-0.2, -0.15) is 0 Å². The first-order valence-electron chi connectivity index (χ1n) is 11.4. The summed E-state index contributed by atoms with van der Waals surface area (Å²) in [4.78, 5) is 19.9. The van der Waals surface area contributed by atoms with E-state index in [2.05, 4.69) is 11.2 Å². The van der Waals surface area contributed by atoms with Gasteiger partial charge in [-0.1, -0.05) is 36.4 Å². The third-order valence-corrected chi connectivity index (χ3v) is 6.29. The zero-order valence-corrected chi connectivity index (χ0v) is 19.0. The van der Waals surface area contributed by atoms with E-state index in [1.807, 2.05) is 47.4 Å². The molecule has 1 aromatic heterocycles. The number of anilines is 1. The summed E-state index contributed by atoms with van der Waals surface area (Å²) < 4.78 is 15.4. The number of halogens is 1. The molecule has 0 aliphatic carbocycles. The number of carbonyl (C=O) groups is 1. The summed E-state index contributed by atoms with van der Waals surface area (Å²) >= 11 is 0. The molecule has 0 spiro atoms. The molecule has 0 bridgehead atoms. The predicted molar refractivity (Wildman–Crippen MR) is 130 cm³/mol. The van der Waals surface area contributed by atoms with Gasteiger partial charge in [0.2, 0.25) is 5.91 Å². The van der Waals surface area contributed by atoms with Crippen LogP contribution < -0.4 is 5.73 Å². The van der Waals surface area contributed by atoms with E-state index in [1.54, 1.807) is 23.7 Å². The summed E-state index contributed by atoms with van der Waals surface area (Å²) in [6.07, 6.45) is 1.57. The van der Waals surface area contributed by atoms with Gasteiger partial charge >= 0.3 is 0 Å². The normalized spacial score (nSPS) is 13.4. The molecule has 2 N–H and O–H groups in total. The van der Waals surface area contributed by atoms with Gasteiger partial charge in [0.05, 0.1) is 0 Å². The Morgan fingerprint density at radius 3 is 2.50 bits per heavy atom. The van der Waals surface area contributed by atoms with E-state index in [0.29, 0.717) is 35.9 Å².